The first-order valence-electron chi connectivity index (χ1n) is 12.7. The number of likely N-dealkylation sites (tertiary alicyclic amines) is 1. The molecule has 2 aliphatic heterocycles. The van der Waals surface area contributed by atoms with Crippen molar-refractivity contribution in [2.75, 3.05) is 19.7 Å². The lowest BCUT2D eigenvalue weighted by atomic mass is 9.97. The number of alkyl halides is 3. The smallest absolute Gasteiger partial charge is 0.417 e. The molecular weight excluding hydrogens is 621 g/mol. The van der Waals surface area contributed by atoms with E-state index in [4.69, 9.17) is 26.2 Å². The van der Waals surface area contributed by atoms with Gasteiger partial charge < -0.3 is 14.5 Å². The molecule has 1 N–H and O–H groups in total. The van der Waals surface area contributed by atoms with Crippen LogP contribution in [0.2, 0.25) is 5.02 Å². The Morgan fingerprint density at radius 2 is 1.98 bits per heavy atom. The summed E-state index contributed by atoms with van der Waals surface area (Å²) in [5, 5.41) is 7.22. The Labute approximate surface area is 247 Å². The van der Waals surface area contributed by atoms with E-state index < -0.39 is 33.7 Å². The lowest BCUT2D eigenvalue weighted by molar-refractivity contribution is -0.138. The van der Waals surface area contributed by atoms with Crippen LogP contribution < -0.4 is 4.74 Å². The molecule has 1 aromatic carbocycles. The van der Waals surface area contributed by atoms with E-state index in [-0.39, 0.29) is 24.3 Å². The van der Waals surface area contributed by atoms with Crippen LogP contribution in [0, 0.1) is 0 Å². The number of aromatic nitrogens is 2. The molecule has 224 valence electrons. The van der Waals surface area contributed by atoms with Gasteiger partial charge in [-0.3, -0.25) is 9.35 Å². The van der Waals surface area contributed by atoms with Gasteiger partial charge in [-0.15, -0.1) is 11.3 Å². The average Bonchev–Trinajstić information content (AvgIpc) is 3.61. The first kappa shape index (κ1) is 30.2. The highest BCUT2D eigenvalue weighted by atomic mass is 35.5. The zero-order chi connectivity index (χ0) is 30.1. The molecule has 0 spiro atoms. The monoisotopic (exact) mass is 644 g/mol. The quantitative estimate of drug-likeness (QED) is 0.329. The number of thiazole rings is 1. The number of carbonyl (C=O) groups excluding carboxylic acids is 1. The molecule has 0 aliphatic carbocycles. The van der Waals surface area contributed by atoms with E-state index in [1.54, 1.807) is 23.1 Å². The fraction of sp³-hybridized carbons (Fsp3) is 0.385. The summed E-state index contributed by atoms with van der Waals surface area (Å²) in [6, 6.07) is 6.70. The Balaban J connectivity index is 1.14. The fourth-order valence-electron chi connectivity index (χ4n) is 4.79. The van der Waals surface area contributed by atoms with Gasteiger partial charge >= 0.3 is 6.18 Å². The number of halogens is 4. The number of ether oxygens (including phenoxy) is 1. The number of hydrogen-bond acceptors (Lipinski definition) is 9. The van der Waals surface area contributed by atoms with E-state index in [1.165, 1.54) is 11.3 Å². The van der Waals surface area contributed by atoms with Gasteiger partial charge in [-0.1, -0.05) is 28.9 Å². The summed E-state index contributed by atoms with van der Waals surface area (Å²) in [4.78, 5) is 28.2. The number of rotatable bonds is 8. The Hall–Kier alpha value is -3.27. The molecule has 42 heavy (non-hydrogen) atoms. The third-order valence-electron chi connectivity index (χ3n) is 6.89. The van der Waals surface area contributed by atoms with Crippen LogP contribution in [0.25, 0.3) is 0 Å². The zero-order valence-corrected chi connectivity index (χ0v) is 24.1. The van der Waals surface area contributed by atoms with Crippen molar-refractivity contribution >= 4 is 44.7 Å². The number of oxime groups is 1. The van der Waals surface area contributed by atoms with E-state index in [2.05, 4.69) is 10.1 Å². The third kappa shape index (κ3) is 7.19. The molecule has 5 rings (SSSR count). The van der Waals surface area contributed by atoms with Gasteiger partial charge in [0.05, 0.1) is 16.3 Å². The summed E-state index contributed by atoms with van der Waals surface area (Å²) in [6.45, 7) is 0.609. The van der Waals surface area contributed by atoms with Crippen LogP contribution in [0.4, 0.5) is 13.2 Å². The molecule has 1 saturated heterocycles. The lowest BCUT2D eigenvalue weighted by Gasteiger charge is -2.31. The molecule has 0 saturated carbocycles. The minimum atomic E-state index is -4.50. The van der Waals surface area contributed by atoms with Crippen molar-refractivity contribution in [1.29, 1.82) is 0 Å². The van der Waals surface area contributed by atoms with E-state index in [0.717, 1.165) is 17.1 Å². The SMILES string of the molecule is O=C(COc1ccc(C(F)(F)F)cn1)N1CCC(c2nc(C3=NOC(c4c(Cl)cccc4CS(=O)(=O)O)C3)cs2)CC1. The molecule has 4 heterocycles. The maximum absolute atomic E-state index is 12.7. The van der Waals surface area contributed by atoms with Crippen LogP contribution >= 0.6 is 22.9 Å². The Morgan fingerprint density at radius 3 is 2.64 bits per heavy atom. The van der Waals surface area contributed by atoms with Crippen LogP contribution in [0.15, 0.2) is 47.1 Å². The minimum Gasteiger partial charge on any atom is -0.468 e. The minimum absolute atomic E-state index is 0.0632. The molecule has 2 aliphatic rings. The van der Waals surface area contributed by atoms with E-state index in [9.17, 15) is 30.9 Å². The fourth-order valence-corrected chi connectivity index (χ4v) is 6.75. The maximum atomic E-state index is 12.7. The van der Waals surface area contributed by atoms with Crippen LogP contribution in [0.1, 0.15) is 58.7 Å². The summed E-state index contributed by atoms with van der Waals surface area (Å²) in [6.07, 6.45) is -2.83. The second kappa shape index (κ2) is 12.1. The Morgan fingerprint density at radius 1 is 1.21 bits per heavy atom. The van der Waals surface area contributed by atoms with Crippen molar-refractivity contribution in [2.45, 2.75) is 43.2 Å². The molecule has 1 atom stereocenters. The predicted molar refractivity (Wildman–Crippen MR) is 147 cm³/mol. The normalized spacial score (nSPS) is 18.1. The van der Waals surface area contributed by atoms with Gasteiger partial charge in [-0.05, 0) is 30.5 Å². The number of carbonyl (C=O) groups is 1. The number of amides is 1. The first-order chi connectivity index (χ1) is 19.9. The molecule has 16 heteroatoms. The van der Waals surface area contributed by atoms with Gasteiger partial charge in [-0.25, -0.2) is 9.97 Å². The van der Waals surface area contributed by atoms with Gasteiger partial charge in [0, 0.05) is 53.7 Å². The second-order valence-electron chi connectivity index (χ2n) is 9.77. The Bertz CT molecular complexity index is 1590. The molecule has 0 bridgehead atoms. The number of nitrogens with zero attached hydrogens (tertiary/aromatic N) is 4. The Kier molecular flexibility index (Phi) is 8.73. The largest absolute Gasteiger partial charge is 0.468 e. The zero-order valence-electron chi connectivity index (χ0n) is 21.8. The van der Waals surface area contributed by atoms with Gasteiger partial charge in [0.1, 0.15) is 11.5 Å². The molecule has 0 radical (unpaired) electrons. The second-order valence-corrected chi connectivity index (χ2v) is 12.5. The number of benzene rings is 1. The molecule has 1 fully saturated rings. The van der Waals surface area contributed by atoms with Crippen LogP contribution in [-0.4, -0.2) is 59.2 Å². The summed E-state index contributed by atoms with van der Waals surface area (Å²) in [5.74, 6) is -0.828. The van der Waals surface area contributed by atoms with Crippen LogP contribution in [-0.2, 0) is 31.7 Å². The number of pyridine rings is 1. The molecule has 1 amide bonds. The lowest BCUT2D eigenvalue weighted by Crippen LogP contribution is -2.40. The van der Waals surface area contributed by atoms with Crippen molar-refractivity contribution in [3.63, 3.8) is 0 Å². The highest BCUT2D eigenvalue weighted by Gasteiger charge is 2.32. The van der Waals surface area contributed by atoms with Gasteiger partial charge in [-0.2, -0.15) is 21.6 Å². The molecular formula is C26H24ClF3N4O6S2. The molecule has 1 unspecified atom stereocenters. The molecule has 3 aromatic rings. The van der Waals surface area contributed by atoms with Crippen molar-refractivity contribution in [2.24, 2.45) is 5.16 Å². The van der Waals surface area contributed by atoms with Gasteiger partial charge in [0.25, 0.3) is 16.0 Å². The summed E-state index contributed by atoms with van der Waals surface area (Å²) >= 11 is 7.82. The first-order valence-corrected chi connectivity index (χ1v) is 15.6. The van der Waals surface area contributed by atoms with Crippen LogP contribution in [0.3, 0.4) is 0 Å². The highest BCUT2D eigenvalue weighted by Crippen LogP contribution is 2.38. The van der Waals surface area contributed by atoms with Crippen molar-refractivity contribution < 1.29 is 40.5 Å². The molecule has 10 nitrogen and oxygen atoms in total. The standard InChI is InChI=1S/C26H24ClF3N4O6S2/c27-18-3-1-2-16(14-42(36,37)38)24(18)21-10-19(33-40-21)20-13-41-25(32-20)15-6-8-34(9-7-15)23(35)12-39-22-5-4-17(11-31-22)26(28,29)30/h1-5,11,13,15,21H,6-10,12,14H2,(H,36,37,38). The van der Waals surface area contributed by atoms with Crippen LogP contribution in [0.5, 0.6) is 5.88 Å². The topological polar surface area (TPSA) is 131 Å². The van der Waals surface area contributed by atoms with Crippen molar-refractivity contribution in [3.8, 4) is 5.88 Å². The average molecular weight is 645 g/mol. The van der Waals surface area contributed by atoms with E-state index in [0.29, 0.717) is 66.1 Å². The van der Waals surface area contributed by atoms with Crippen molar-refractivity contribution in [3.05, 3.63) is 74.3 Å². The van der Waals surface area contributed by atoms with E-state index in [1.807, 2.05) is 5.38 Å². The van der Waals surface area contributed by atoms with E-state index >= 15 is 0 Å². The third-order valence-corrected chi connectivity index (χ3v) is 8.91. The molecule has 2 aromatic heterocycles. The van der Waals surface area contributed by atoms with Gasteiger partial charge in [0.15, 0.2) is 12.7 Å². The maximum Gasteiger partial charge on any atom is 0.417 e. The number of hydrogen-bond donors (Lipinski definition) is 1. The summed E-state index contributed by atoms with van der Waals surface area (Å²) in [5.41, 5.74) is 1.10. The van der Waals surface area contributed by atoms with Gasteiger partial charge in [0.2, 0.25) is 5.88 Å². The predicted octanol–water partition coefficient (Wildman–Crippen LogP) is 5.25. The van der Waals surface area contributed by atoms with Crippen molar-refractivity contribution in [1.82, 2.24) is 14.9 Å². The number of piperidine rings is 1. The highest BCUT2D eigenvalue weighted by molar-refractivity contribution is 7.85. The summed E-state index contributed by atoms with van der Waals surface area (Å²) < 4.78 is 75.6. The summed E-state index contributed by atoms with van der Waals surface area (Å²) in [7, 11) is -4.28.